The molecule has 1 saturated heterocycles. The monoisotopic (exact) mass is 1670 g/mol. The largest absolute Gasteiger partial charge is 0.508 e. The van der Waals surface area contributed by atoms with Crippen molar-refractivity contribution >= 4 is 116 Å². The van der Waals surface area contributed by atoms with E-state index in [1.165, 1.54) is 48.6 Å². The van der Waals surface area contributed by atoms with Crippen molar-refractivity contribution in [1.29, 1.82) is 0 Å². The first-order valence-corrected chi connectivity index (χ1v) is 40.6. The van der Waals surface area contributed by atoms with E-state index in [0.717, 1.165) is 21.4 Å². The molecule has 23 N–H and O–H groups in total. The zero-order chi connectivity index (χ0) is 86.2. The molecular formula is C81H106N18O19S. The average Bonchev–Trinajstić information content (AvgIpc) is 1.76. The number of carbonyl (C=O) groups excluding carboxylic acids is 12. The van der Waals surface area contributed by atoms with Gasteiger partial charge in [0.05, 0.1) is 32.1 Å². The number of nitrogens with one attached hydrogen (secondary N) is 14. The number of fused-ring (bicyclic) bond motifs is 2. The van der Waals surface area contributed by atoms with Crippen LogP contribution in [0.1, 0.15) is 99.6 Å². The number of unbranched alkanes of at least 4 members (excludes halogenated alkanes) is 1. The number of aromatic amines is 3. The van der Waals surface area contributed by atoms with Crippen LogP contribution >= 0.6 is 11.8 Å². The average molecular weight is 1670 g/mol. The Labute approximate surface area is 689 Å². The van der Waals surface area contributed by atoms with Crippen molar-refractivity contribution in [2.75, 3.05) is 44.9 Å². The van der Waals surface area contributed by atoms with Gasteiger partial charge in [0, 0.05) is 84.7 Å². The maximum Gasteiger partial charge on any atom is 0.326 e. The number of aromatic nitrogens is 4. The van der Waals surface area contributed by atoms with Gasteiger partial charge in [-0.05, 0) is 129 Å². The number of hydrogen-bond acceptors (Lipinski definition) is 21. The molecule has 0 bridgehead atoms. The molecular weight excluding hydrogens is 1560 g/mol. The Kier molecular flexibility index (Phi) is 35.7. The fourth-order valence-electron chi connectivity index (χ4n) is 13.7. The van der Waals surface area contributed by atoms with Crippen molar-refractivity contribution in [1.82, 2.24) is 83.3 Å². The minimum atomic E-state index is -1.84. The van der Waals surface area contributed by atoms with Crippen LogP contribution in [0.15, 0.2) is 128 Å². The Morgan fingerprint density at radius 3 is 1.61 bits per heavy atom. The number of hydrogen-bond donors (Lipinski definition) is 21. The second kappa shape index (κ2) is 46.0. The highest BCUT2D eigenvalue weighted by Crippen LogP contribution is 2.24. The Morgan fingerprint density at radius 2 is 1.03 bits per heavy atom. The Morgan fingerprint density at radius 1 is 0.529 bits per heavy atom. The van der Waals surface area contributed by atoms with Crippen molar-refractivity contribution in [3.05, 3.63) is 156 Å². The summed E-state index contributed by atoms with van der Waals surface area (Å²) >= 11 is 1.34. The number of thioether (sulfide) groups is 1. The number of para-hydroxylation sites is 2. The second-order valence-electron chi connectivity index (χ2n) is 29.5. The van der Waals surface area contributed by atoms with Crippen LogP contribution in [0.3, 0.4) is 0 Å². The first-order valence-electron chi connectivity index (χ1n) is 39.2. The summed E-state index contributed by atoms with van der Waals surface area (Å²) in [5.41, 5.74) is 16.6. The van der Waals surface area contributed by atoms with Crippen LogP contribution in [-0.4, -0.2) is 251 Å². The molecule has 0 radical (unpaired) electrons. The summed E-state index contributed by atoms with van der Waals surface area (Å²) in [6, 6.07) is 10.9. The number of carboxylic acids is 2. The number of H-pyrrole nitrogens is 3. The highest BCUT2D eigenvalue weighted by atomic mass is 32.2. The molecule has 3 aromatic heterocycles. The Hall–Kier alpha value is -12.3. The SMILES string of the molecule is CSCC[C@H](NC(=O)[C@@H]1CCCN1C(=O)[C@H](CCC(=O)O)NC(=O)CNC(=O)[C@H](CCCCN)NC(=O)[C@H](CO)NC(=O)[C@H](Cc1ccccc1)NC(=O)[C@H](CO)NC(=O)[C@H](CC(C)C)NC(=O)[C@H](Cc1c[nH]c2ccccc12)NC(=O)[C@H](Cc1cnc[nH]1)NC(=O)[C@@H](N)Cc1c[nH]c2ccccc12)C(=O)N[C@@H](Cc1ccc(O)cc1)C(=O)O. The fourth-order valence-corrected chi connectivity index (χ4v) is 14.2. The molecule has 7 aromatic rings. The molecule has 4 aromatic carbocycles. The molecule has 12 amide bonds. The maximum atomic E-state index is 14.9. The summed E-state index contributed by atoms with van der Waals surface area (Å²) in [5.74, 6) is -13.8. The van der Waals surface area contributed by atoms with Gasteiger partial charge in [-0.3, -0.25) is 62.3 Å². The van der Waals surface area contributed by atoms with E-state index in [4.69, 9.17) is 11.5 Å². The van der Waals surface area contributed by atoms with Gasteiger partial charge in [0.25, 0.3) is 0 Å². The van der Waals surface area contributed by atoms with E-state index in [0.29, 0.717) is 45.5 Å². The summed E-state index contributed by atoms with van der Waals surface area (Å²) < 4.78 is 0. The molecule has 0 unspecified atom stereocenters. The van der Waals surface area contributed by atoms with Crippen molar-refractivity contribution in [3.63, 3.8) is 0 Å². The third kappa shape index (κ3) is 28.0. The first kappa shape index (κ1) is 92.3. The van der Waals surface area contributed by atoms with Crippen molar-refractivity contribution < 1.29 is 92.7 Å². The minimum absolute atomic E-state index is 0.0331. The highest BCUT2D eigenvalue weighted by Gasteiger charge is 2.41. The number of aromatic hydroxyl groups is 1. The van der Waals surface area contributed by atoms with Gasteiger partial charge < -0.3 is 115 Å². The van der Waals surface area contributed by atoms with Gasteiger partial charge in [-0.1, -0.05) is 92.7 Å². The van der Waals surface area contributed by atoms with E-state index in [2.05, 4.69) is 78.4 Å². The lowest BCUT2D eigenvalue weighted by atomic mass is 10.00. The molecule has 8 rings (SSSR count). The van der Waals surface area contributed by atoms with E-state index in [9.17, 15) is 92.7 Å². The summed E-state index contributed by atoms with van der Waals surface area (Å²) in [5, 5.41) is 80.6. The van der Waals surface area contributed by atoms with Gasteiger partial charge in [-0.15, -0.1) is 0 Å². The van der Waals surface area contributed by atoms with Gasteiger partial charge in [0.1, 0.15) is 72.2 Å². The van der Waals surface area contributed by atoms with Crippen molar-refractivity contribution in [2.45, 2.75) is 176 Å². The second-order valence-corrected chi connectivity index (χ2v) is 30.5. The van der Waals surface area contributed by atoms with E-state index in [1.807, 2.05) is 36.4 Å². The van der Waals surface area contributed by atoms with E-state index in [1.54, 1.807) is 75.0 Å². The molecule has 38 heteroatoms. The molecule has 0 aliphatic carbocycles. The number of carboxylic acid groups (broad SMARTS) is 2. The van der Waals surface area contributed by atoms with Gasteiger partial charge >= 0.3 is 11.9 Å². The molecule has 1 fully saturated rings. The van der Waals surface area contributed by atoms with Crippen molar-refractivity contribution in [2.24, 2.45) is 17.4 Å². The summed E-state index contributed by atoms with van der Waals surface area (Å²) in [6.45, 7) is 0.610. The van der Waals surface area contributed by atoms with E-state index in [-0.39, 0.29) is 95.4 Å². The smallest absolute Gasteiger partial charge is 0.326 e. The number of nitrogens with two attached hydrogens (primary N) is 2. The molecule has 12 atom stereocenters. The Balaban J connectivity index is 0.913. The van der Waals surface area contributed by atoms with Crippen LogP contribution in [-0.2, 0) is 99.2 Å². The van der Waals surface area contributed by atoms with Gasteiger partial charge in [0.15, 0.2) is 0 Å². The van der Waals surface area contributed by atoms with Gasteiger partial charge in [-0.2, -0.15) is 11.8 Å². The lowest BCUT2D eigenvalue weighted by Crippen LogP contribution is -2.61. The fraction of sp³-hybridized carbons (Fsp3) is 0.444. The predicted molar refractivity (Wildman–Crippen MR) is 437 cm³/mol. The zero-order valence-electron chi connectivity index (χ0n) is 66.2. The van der Waals surface area contributed by atoms with Gasteiger partial charge in [-0.25, -0.2) is 9.78 Å². The zero-order valence-corrected chi connectivity index (χ0v) is 67.0. The number of aliphatic hydroxyl groups is 2. The molecule has 0 spiro atoms. The van der Waals surface area contributed by atoms with Gasteiger partial charge in [0.2, 0.25) is 70.9 Å². The molecule has 119 heavy (non-hydrogen) atoms. The van der Waals surface area contributed by atoms with E-state index < -0.39 is 188 Å². The predicted octanol–water partition coefficient (Wildman–Crippen LogP) is -1.26. The summed E-state index contributed by atoms with van der Waals surface area (Å²) in [7, 11) is 0. The number of imidazole rings is 1. The molecule has 1 aliphatic rings. The number of rotatable bonds is 48. The third-order valence-electron chi connectivity index (χ3n) is 20.0. The van der Waals surface area contributed by atoms with Crippen LogP contribution < -0.4 is 70.0 Å². The number of carbonyl (C=O) groups is 14. The lowest BCUT2D eigenvalue weighted by Gasteiger charge is -2.30. The third-order valence-corrected chi connectivity index (χ3v) is 20.7. The number of phenols is 1. The summed E-state index contributed by atoms with van der Waals surface area (Å²) in [6.07, 6.45) is 7.05. The Bertz CT molecular complexity index is 4620. The first-order chi connectivity index (χ1) is 57.1. The van der Waals surface area contributed by atoms with Crippen LogP contribution in [0, 0.1) is 5.92 Å². The summed E-state index contributed by atoms with van der Waals surface area (Å²) in [4.78, 5) is 210. The highest BCUT2D eigenvalue weighted by molar-refractivity contribution is 7.98. The molecule has 4 heterocycles. The van der Waals surface area contributed by atoms with E-state index >= 15 is 0 Å². The van der Waals surface area contributed by atoms with Crippen LogP contribution in [0.2, 0.25) is 0 Å². The number of phenolic OH excluding ortho intramolecular Hbond substituents is 1. The number of likely N-dealkylation sites (tertiary alicyclic amines) is 1. The van der Waals surface area contributed by atoms with Crippen LogP contribution in [0.5, 0.6) is 5.75 Å². The normalized spacial score (nSPS) is 15.4. The molecule has 37 nitrogen and oxygen atoms in total. The number of amides is 12. The molecule has 1 aliphatic heterocycles. The number of aliphatic carboxylic acids is 2. The standard InChI is InChI=1S/C81H106N18O19S/c1-45(2)32-60(93-75(111)62(36-49-39-86-56-19-10-8-17-53(49)56)95-76(112)63(37-50-40-84-44-88-50)92-70(106)54(83)35-48-38-85-55-18-9-7-16-52(48)55)73(109)97-66(43-101)78(114)94-61(33-46-14-5-4-6-15-46)74(110)98-65(42-100)77(113)90-57(20-11-12-29-82)71(107)87-41-68(103)89-59(26-27-69(104)105)80(116)99-30-13-21-67(99)79(115)91-58(28-31-119-3)72(108)96-64(81(117)118)34-47-22-24-51(102)25-23-47/h4-10,14-19,22-25,38-40,44-45,54,57-67,85-86,100-102H,11-13,20-21,26-37,41-43,82-83H2,1-3H3,(H,84,88)(H,87,107)(H,89,103)(H,90,113)(H,91,115)(H,92,106)(H,93,111)(H,94,114)(H,95,112)(H,96,108)(H,97,109)(H,98,110)(H,104,105)(H,117,118)/t54-,57-,58-,59-,60-,61-,62-,63-,64-,65-,66-,67-/m0/s1. The molecule has 640 valence electrons. The topological polar surface area (TPSA) is 588 Å². The minimum Gasteiger partial charge on any atom is -0.508 e. The van der Waals surface area contributed by atoms with Crippen LogP contribution in [0.4, 0.5) is 0 Å². The number of benzene rings is 4. The number of aliphatic hydroxyl groups excluding tert-OH is 2. The maximum absolute atomic E-state index is 14.9. The van der Waals surface area contributed by atoms with Crippen LogP contribution in [0.25, 0.3) is 21.8 Å². The lowest BCUT2D eigenvalue weighted by molar-refractivity contribution is -0.144. The van der Waals surface area contributed by atoms with Crippen molar-refractivity contribution in [3.8, 4) is 5.75 Å². The molecule has 0 saturated carbocycles. The quantitative estimate of drug-likeness (QED) is 0.0198. The number of nitrogens with zero attached hydrogens (tertiary/aromatic N) is 2.